The molecular weight excluding hydrogens is 238 g/mol. The van der Waals surface area contributed by atoms with Crippen molar-refractivity contribution in [3.8, 4) is 5.75 Å². The Kier molecular flexibility index (Phi) is 6.81. The second-order valence-corrected chi connectivity index (χ2v) is 5.39. The Labute approximate surface area is 117 Å². The number of likely N-dealkylation sites (N-methyl/N-ethyl adjacent to an activating group) is 1. The lowest BCUT2D eigenvalue weighted by atomic mass is 10.1. The van der Waals surface area contributed by atoms with E-state index in [2.05, 4.69) is 42.3 Å². The van der Waals surface area contributed by atoms with E-state index < -0.39 is 0 Å². The Morgan fingerprint density at radius 2 is 2.05 bits per heavy atom. The molecule has 0 fully saturated rings. The molecule has 1 heterocycles. The lowest BCUT2D eigenvalue weighted by Gasteiger charge is -2.23. The van der Waals surface area contributed by atoms with Crippen molar-refractivity contribution in [1.29, 1.82) is 0 Å². The molecule has 0 aliphatic carbocycles. The summed E-state index contributed by atoms with van der Waals surface area (Å²) >= 11 is 0. The van der Waals surface area contributed by atoms with Gasteiger partial charge in [0.2, 0.25) is 0 Å². The zero-order valence-corrected chi connectivity index (χ0v) is 12.8. The van der Waals surface area contributed by atoms with Gasteiger partial charge in [-0.3, -0.25) is 4.98 Å². The van der Waals surface area contributed by atoms with Crippen LogP contribution in [0.4, 0.5) is 0 Å². The second kappa shape index (κ2) is 8.12. The SMILES string of the molecule is CCCNC(CN(C)C)c1cncc(OC(C)C)c1. The summed E-state index contributed by atoms with van der Waals surface area (Å²) in [6.45, 7) is 8.19. The highest BCUT2D eigenvalue weighted by Gasteiger charge is 2.13. The minimum absolute atomic E-state index is 0.174. The van der Waals surface area contributed by atoms with Crippen molar-refractivity contribution in [3.63, 3.8) is 0 Å². The van der Waals surface area contributed by atoms with Gasteiger partial charge in [0, 0.05) is 18.8 Å². The average Bonchev–Trinajstić information content (AvgIpc) is 2.33. The van der Waals surface area contributed by atoms with Gasteiger partial charge in [0.25, 0.3) is 0 Å². The number of nitrogens with zero attached hydrogens (tertiary/aromatic N) is 2. The normalized spacial score (nSPS) is 13.0. The van der Waals surface area contributed by atoms with E-state index >= 15 is 0 Å². The molecule has 1 N–H and O–H groups in total. The van der Waals surface area contributed by atoms with Crippen molar-refractivity contribution >= 4 is 0 Å². The van der Waals surface area contributed by atoms with Gasteiger partial charge < -0.3 is 15.0 Å². The zero-order valence-electron chi connectivity index (χ0n) is 12.8. The van der Waals surface area contributed by atoms with E-state index in [1.54, 1.807) is 6.20 Å². The van der Waals surface area contributed by atoms with Crippen LogP contribution in [0, 0.1) is 0 Å². The van der Waals surface area contributed by atoms with Crippen LogP contribution in [-0.2, 0) is 0 Å². The van der Waals surface area contributed by atoms with Crippen LogP contribution >= 0.6 is 0 Å². The average molecular weight is 265 g/mol. The molecule has 0 bridgehead atoms. The smallest absolute Gasteiger partial charge is 0.138 e. The molecule has 1 rings (SSSR count). The highest BCUT2D eigenvalue weighted by atomic mass is 16.5. The molecule has 0 aromatic carbocycles. The number of nitrogens with one attached hydrogen (secondary N) is 1. The second-order valence-electron chi connectivity index (χ2n) is 5.39. The van der Waals surface area contributed by atoms with Gasteiger partial charge in [-0.2, -0.15) is 0 Å². The molecule has 0 spiro atoms. The van der Waals surface area contributed by atoms with Crippen molar-refractivity contribution < 1.29 is 4.74 Å². The molecule has 1 atom stereocenters. The van der Waals surface area contributed by atoms with Gasteiger partial charge in [-0.05, 0) is 52.5 Å². The Bertz CT molecular complexity index is 366. The first-order valence-electron chi connectivity index (χ1n) is 7.02. The van der Waals surface area contributed by atoms with Gasteiger partial charge in [-0.15, -0.1) is 0 Å². The van der Waals surface area contributed by atoms with E-state index in [0.717, 1.165) is 25.3 Å². The van der Waals surface area contributed by atoms with E-state index in [-0.39, 0.29) is 12.1 Å². The Morgan fingerprint density at radius 3 is 2.63 bits per heavy atom. The van der Waals surface area contributed by atoms with E-state index in [0.29, 0.717) is 0 Å². The molecule has 0 aliphatic heterocycles. The van der Waals surface area contributed by atoms with Crippen LogP contribution in [0.5, 0.6) is 5.75 Å². The maximum Gasteiger partial charge on any atom is 0.138 e. The summed E-state index contributed by atoms with van der Waals surface area (Å²) in [5.74, 6) is 0.842. The number of hydrogen-bond donors (Lipinski definition) is 1. The van der Waals surface area contributed by atoms with Gasteiger partial charge in [0.1, 0.15) is 5.75 Å². The van der Waals surface area contributed by atoms with Gasteiger partial charge in [-0.1, -0.05) is 6.92 Å². The Morgan fingerprint density at radius 1 is 1.32 bits per heavy atom. The molecule has 4 nitrogen and oxygen atoms in total. The van der Waals surface area contributed by atoms with Crippen molar-refractivity contribution in [3.05, 3.63) is 24.0 Å². The van der Waals surface area contributed by atoms with Gasteiger partial charge in [0.05, 0.1) is 12.3 Å². The van der Waals surface area contributed by atoms with Crippen LogP contribution in [0.3, 0.4) is 0 Å². The lowest BCUT2D eigenvalue weighted by molar-refractivity contribution is 0.240. The summed E-state index contributed by atoms with van der Waals surface area (Å²) in [6, 6.07) is 2.38. The molecule has 1 unspecified atom stereocenters. The zero-order chi connectivity index (χ0) is 14.3. The fourth-order valence-corrected chi connectivity index (χ4v) is 1.93. The molecule has 1 aromatic rings. The topological polar surface area (TPSA) is 37.4 Å². The van der Waals surface area contributed by atoms with Crippen LogP contribution in [0.2, 0.25) is 0 Å². The predicted molar refractivity (Wildman–Crippen MR) is 79.6 cm³/mol. The summed E-state index contributed by atoms with van der Waals surface area (Å²) in [6.07, 6.45) is 4.99. The lowest BCUT2D eigenvalue weighted by Crippen LogP contribution is -2.31. The predicted octanol–water partition coefficient (Wildman–Crippen LogP) is 2.47. The van der Waals surface area contributed by atoms with Crippen molar-refractivity contribution in [2.45, 2.75) is 39.3 Å². The highest BCUT2D eigenvalue weighted by Crippen LogP contribution is 2.19. The molecular formula is C15H27N3O. The van der Waals surface area contributed by atoms with Crippen LogP contribution in [0.25, 0.3) is 0 Å². The molecule has 108 valence electrons. The maximum atomic E-state index is 5.71. The molecule has 0 saturated heterocycles. The van der Waals surface area contributed by atoms with Gasteiger partial charge in [-0.25, -0.2) is 0 Å². The molecule has 0 amide bonds. The summed E-state index contributed by atoms with van der Waals surface area (Å²) < 4.78 is 5.71. The number of hydrogen-bond acceptors (Lipinski definition) is 4. The summed E-state index contributed by atoms with van der Waals surface area (Å²) in [5.41, 5.74) is 1.18. The van der Waals surface area contributed by atoms with Gasteiger partial charge >= 0.3 is 0 Å². The Hall–Kier alpha value is -1.13. The molecule has 0 saturated carbocycles. The fraction of sp³-hybridized carbons (Fsp3) is 0.667. The van der Waals surface area contributed by atoms with E-state index in [9.17, 15) is 0 Å². The van der Waals surface area contributed by atoms with Crippen molar-refractivity contribution in [1.82, 2.24) is 15.2 Å². The minimum atomic E-state index is 0.174. The maximum absolute atomic E-state index is 5.71. The molecule has 0 radical (unpaired) electrons. The highest BCUT2D eigenvalue weighted by molar-refractivity contribution is 5.26. The van der Waals surface area contributed by atoms with Gasteiger partial charge in [0.15, 0.2) is 0 Å². The third-order valence-corrected chi connectivity index (χ3v) is 2.70. The number of aromatic nitrogens is 1. The molecule has 4 heteroatoms. The standard InChI is InChI=1S/C15H27N3O/c1-6-7-17-15(11-18(4)5)13-8-14(10-16-9-13)19-12(2)3/h8-10,12,15,17H,6-7,11H2,1-5H3. The third kappa shape index (κ3) is 6.03. The molecule has 19 heavy (non-hydrogen) atoms. The van der Waals surface area contributed by atoms with Crippen LogP contribution in [0.1, 0.15) is 38.8 Å². The summed E-state index contributed by atoms with van der Waals surface area (Å²) in [7, 11) is 4.17. The largest absolute Gasteiger partial charge is 0.489 e. The van der Waals surface area contributed by atoms with Crippen LogP contribution in [0.15, 0.2) is 18.5 Å². The fourth-order valence-electron chi connectivity index (χ4n) is 1.93. The van der Waals surface area contributed by atoms with Crippen molar-refractivity contribution in [2.24, 2.45) is 0 Å². The Balaban J connectivity index is 2.81. The summed E-state index contributed by atoms with van der Waals surface area (Å²) in [4.78, 5) is 6.47. The van der Waals surface area contributed by atoms with E-state index in [1.165, 1.54) is 5.56 Å². The summed E-state index contributed by atoms with van der Waals surface area (Å²) in [5, 5.41) is 3.56. The first-order valence-corrected chi connectivity index (χ1v) is 7.02. The number of pyridine rings is 1. The van der Waals surface area contributed by atoms with E-state index in [4.69, 9.17) is 4.74 Å². The quantitative estimate of drug-likeness (QED) is 0.783. The molecule has 0 aliphatic rings. The minimum Gasteiger partial charge on any atom is -0.489 e. The number of ether oxygens (including phenoxy) is 1. The van der Waals surface area contributed by atoms with Crippen molar-refractivity contribution in [2.75, 3.05) is 27.2 Å². The monoisotopic (exact) mass is 265 g/mol. The first kappa shape index (κ1) is 15.9. The van der Waals surface area contributed by atoms with Crippen LogP contribution in [-0.4, -0.2) is 43.2 Å². The first-order chi connectivity index (χ1) is 9.02. The van der Waals surface area contributed by atoms with Crippen LogP contribution < -0.4 is 10.1 Å². The van der Waals surface area contributed by atoms with E-state index in [1.807, 2.05) is 20.0 Å². The molecule has 1 aromatic heterocycles. The third-order valence-electron chi connectivity index (χ3n) is 2.70. The number of rotatable bonds is 8.